The standard InChI is InChI=1S/C30H42N2O10/c1-15-10-9-11-21(38-5)28(42-30(31)37)17(3)12-16(2)27(41-8)22(39-6)13-18(4)26(40-7)19-14-20(33)25(35)23(24(19)34)32-29(15)36/h9-12,14,16,18,21-22,26-28,34H,13H2,1-8H3,(H2,31,37)(H,32,36). The molecule has 232 valence electrons. The molecular formula is C30H42N2O10. The van der Waals surface area contributed by atoms with Crippen LogP contribution in [0.2, 0.25) is 0 Å². The molecule has 0 radical (unpaired) electrons. The van der Waals surface area contributed by atoms with E-state index < -0.39 is 65.5 Å². The Bertz CT molecular complexity index is 1200. The number of Topliss-reactive ketones (excluding diaryl/α,β-unsaturated/α-hetero) is 1. The normalized spacial score (nSPS) is 30.3. The molecule has 1 aliphatic heterocycles. The van der Waals surface area contributed by atoms with Gasteiger partial charge < -0.3 is 39.8 Å². The minimum absolute atomic E-state index is 0.0614. The van der Waals surface area contributed by atoms with E-state index in [1.54, 1.807) is 20.1 Å². The maximum Gasteiger partial charge on any atom is 0.405 e. The van der Waals surface area contributed by atoms with Crippen molar-refractivity contribution in [1.29, 1.82) is 0 Å². The number of ketones is 2. The number of hydrogen-bond acceptors (Lipinski definition) is 10. The lowest BCUT2D eigenvalue weighted by molar-refractivity contribution is -0.132. The number of hydrogen-bond donors (Lipinski definition) is 3. The summed E-state index contributed by atoms with van der Waals surface area (Å²) >= 11 is 0. The van der Waals surface area contributed by atoms with Crippen LogP contribution in [0.1, 0.15) is 34.1 Å². The van der Waals surface area contributed by atoms with Gasteiger partial charge in [-0.25, -0.2) is 4.79 Å². The van der Waals surface area contributed by atoms with E-state index in [2.05, 4.69) is 5.32 Å². The first-order valence-corrected chi connectivity index (χ1v) is 13.5. The molecule has 1 heterocycles. The van der Waals surface area contributed by atoms with Crippen molar-refractivity contribution in [3.05, 3.63) is 58.6 Å². The van der Waals surface area contributed by atoms with Gasteiger partial charge in [0.15, 0.2) is 6.10 Å². The summed E-state index contributed by atoms with van der Waals surface area (Å²) in [6, 6.07) is 0. The Morgan fingerprint density at radius 2 is 1.67 bits per heavy atom. The predicted molar refractivity (Wildman–Crippen MR) is 153 cm³/mol. The smallest absolute Gasteiger partial charge is 0.405 e. The molecule has 0 aromatic carbocycles. The second-order valence-corrected chi connectivity index (χ2v) is 10.4. The van der Waals surface area contributed by atoms with E-state index in [1.165, 1.54) is 40.4 Å². The molecule has 12 heteroatoms. The first kappa shape index (κ1) is 34.6. The lowest BCUT2D eigenvalue weighted by Crippen LogP contribution is -2.40. The molecule has 2 aliphatic rings. The van der Waals surface area contributed by atoms with Gasteiger partial charge in [-0.1, -0.05) is 38.2 Å². The third kappa shape index (κ3) is 8.25. The van der Waals surface area contributed by atoms with Gasteiger partial charge in [0.2, 0.25) is 5.78 Å². The van der Waals surface area contributed by atoms with E-state index in [0.717, 1.165) is 6.08 Å². The van der Waals surface area contributed by atoms with Gasteiger partial charge >= 0.3 is 6.09 Å². The Labute approximate surface area is 246 Å². The van der Waals surface area contributed by atoms with Crippen LogP contribution in [0, 0.1) is 11.8 Å². The number of carbonyl (C=O) groups excluding carboxylic acids is 4. The minimum atomic E-state index is -1.06. The number of fused-ring (bicyclic) bond motifs is 1. The summed E-state index contributed by atoms with van der Waals surface area (Å²) in [4.78, 5) is 50.0. The first-order valence-electron chi connectivity index (χ1n) is 13.5. The van der Waals surface area contributed by atoms with E-state index in [-0.39, 0.29) is 23.0 Å². The zero-order chi connectivity index (χ0) is 31.7. The Balaban J connectivity index is 2.72. The Morgan fingerprint density at radius 3 is 2.21 bits per heavy atom. The molecule has 7 unspecified atom stereocenters. The highest BCUT2D eigenvalue weighted by molar-refractivity contribution is 6.48. The first-order chi connectivity index (χ1) is 19.8. The van der Waals surface area contributed by atoms with Gasteiger partial charge in [-0.05, 0) is 37.8 Å². The number of nitrogens with one attached hydrogen (secondary N) is 1. The molecule has 0 aromatic rings. The Hall–Kier alpha value is -3.58. The zero-order valence-corrected chi connectivity index (χ0v) is 25.3. The van der Waals surface area contributed by atoms with Crippen LogP contribution in [0.15, 0.2) is 58.6 Å². The number of rotatable bonds is 5. The van der Waals surface area contributed by atoms with Crippen molar-refractivity contribution in [3.8, 4) is 0 Å². The molecule has 0 aromatic heterocycles. The van der Waals surface area contributed by atoms with Gasteiger partial charge in [0.05, 0.1) is 18.3 Å². The van der Waals surface area contributed by atoms with E-state index in [9.17, 15) is 24.3 Å². The highest BCUT2D eigenvalue weighted by Crippen LogP contribution is 2.32. The molecule has 0 saturated heterocycles. The van der Waals surface area contributed by atoms with Crippen LogP contribution in [-0.2, 0) is 38.1 Å². The summed E-state index contributed by atoms with van der Waals surface area (Å²) in [6.07, 6.45) is 3.30. The molecule has 42 heavy (non-hydrogen) atoms. The summed E-state index contributed by atoms with van der Waals surface area (Å²) in [7, 11) is 5.94. The number of aliphatic hydroxyl groups is 1. The molecular weight excluding hydrogens is 548 g/mol. The topological polar surface area (TPSA) is 173 Å². The number of amides is 2. The average Bonchev–Trinajstić information content (AvgIpc) is 2.94. The van der Waals surface area contributed by atoms with Crippen molar-refractivity contribution in [2.45, 2.75) is 64.6 Å². The summed E-state index contributed by atoms with van der Waals surface area (Å²) in [5, 5.41) is 13.4. The number of allylic oxidation sites excluding steroid dienone is 4. The largest absolute Gasteiger partial charge is 0.505 e. The van der Waals surface area contributed by atoms with Crippen LogP contribution in [0.25, 0.3) is 0 Å². The molecule has 1 aliphatic carbocycles. The zero-order valence-electron chi connectivity index (χ0n) is 25.3. The van der Waals surface area contributed by atoms with Gasteiger partial charge in [-0.3, -0.25) is 14.4 Å². The average molecular weight is 591 g/mol. The number of carbonyl (C=O) groups is 4. The number of aliphatic hydroxyl groups excluding tert-OH is 1. The lowest BCUT2D eigenvalue weighted by Gasteiger charge is -2.34. The fourth-order valence-electron chi connectivity index (χ4n) is 5.26. The minimum Gasteiger partial charge on any atom is -0.505 e. The molecule has 0 spiro atoms. The van der Waals surface area contributed by atoms with Gasteiger partial charge in [0, 0.05) is 45.5 Å². The third-order valence-corrected chi connectivity index (χ3v) is 7.42. The predicted octanol–water partition coefficient (Wildman–Crippen LogP) is 2.60. The SMILES string of the molecule is COC1C=CC=C(C)C(=O)NC2=C(O)C(=CC(=O)C2=O)C(OC)C(C)CC(OC)C(OC)C(C)C=C(C)C1OC(N)=O. The molecule has 7 atom stereocenters. The fourth-order valence-corrected chi connectivity index (χ4v) is 5.26. The van der Waals surface area contributed by atoms with E-state index in [1.807, 2.05) is 19.9 Å². The number of methoxy groups -OCH3 is 4. The summed E-state index contributed by atoms with van der Waals surface area (Å²) in [6.45, 7) is 7.01. The molecule has 2 rings (SSSR count). The second-order valence-electron chi connectivity index (χ2n) is 10.4. The van der Waals surface area contributed by atoms with Gasteiger partial charge in [0.1, 0.15) is 17.6 Å². The summed E-state index contributed by atoms with van der Waals surface area (Å²) in [5.41, 5.74) is 5.67. The van der Waals surface area contributed by atoms with E-state index in [0.29, 0.717) is 12.0 Å². The molecule has 2 amide bonds. The molecule has 4 N–H and O–H groups in total. The van der Waals surface area contributed by atoms with Gasteiger partial charge in [-0.2, -0.15) is 0 Å². The van der Waals surface area contributed by atoms with Crippen molar-refractivity contribution in [2.24, 2.45) is 17.6 Å². The lowest BCUT2D eigenvalue weighted by atomic mass is 9.84. The van der Waals surface area contributed by atoms with Crippen molar-refractivity contribution < 1.29 is 48.0 Å². The fraction of sp³-hybridized carbons (Fsp3) is 0.533. The van der Waals surface area contributed by atoms with Crippen molar-refractivity contribution in [2.75, 3.05) is 28.4 Å². The van der Waals surface area contributed by atoms with Crippen LogP contribution in [-0.4, -0.2) is 87.6 Å². The summed E-state index contributed by atoms with van der Waals surface area (Å²) < 4.78 is 28.3. The maximum absolute atomic E-state index is 12.9. The summed E-state index contributed by atoms with van der Waals surface area (Å²) in [5.74, 6) is -3.87. The van der Waals surface area contributed by atoms with E-state index in [4.69, 9.17) is 29.4 Å². The number of primary amides is 1. The highest BCUT2D eigenvalue weighted by atomic mass is 16.6. The van der Waals surface area contributed by atoms with E-state index >= 15 is 0 Å². The van der Waals surface area contributed by atoms with Crippen LogP contribution in [0.3, 0.4) is 0 Å². The second kappa shape index (κ2) is 15.6. The number of nitrogens with two attached hydrogens (primary N) is 1. The Morgan fingerprint density at radius 1 is 1.00 bits per heavy atom. The van der Waals surface area contributed by atoms with Crippen molar-refractivity contribution in [3.63, 3.8) is 0 Å². The van der Waals surface area contributed by atoms with Crippen molar-refractivity contribution >= 4 is 23.6 Å². The number of ether oxygens (including phenoxy) is 5. The molecule has 12 nitrogen and oxygen atoms in total. The van der Waals surface area contributed by atoms with Crippen molar-refractivity contribution in [1.82, 2.24) is 5.32 Å². The van der Waals surface area contributed by atoms with Crippen LogP contribution in [0.5, 0.6) is 0 Å². The monoisotopic (exact) mass is 590 g/mol. The molecule has 0 fully saturated rings. The van der Waals surface area contributed by atoms with Gasteiger partial charge in [0.25, 0.3) is 11.7 Å². The van der Waals surface area contributed by atoms with Crippen LogP contribution in [0.4, 0.5) is 4.79 Å². The van der Waals surface area contributed by atoms with Gasteiger partial charge in [-0.15, -0.1) is 0 Å². The van der Waals surface area contributed by atoms with Crippen LogP contribution >= 0.6 is 0 Å². The maximum atomic E-state index is 12.9. The third-order valence-electron chi connectivity index (χ3n) is 7.42. The molecule has 0 saturated carbocycles. The quantitative estimate of drug-likeness (QED) is 0.245. The molecule has 2 bridgehead atoms. The highest BCUT2D eigenvalue weighted by Gasteiger charge is 2.38. The van der Waals surface area contributed by atoms with Crippen LogP contribution < -0.4 is 11.1 Å². The Kier molecular flexibility index (Phi) is 12.9.